The van der Waals surface area contributed by atoms with Gasteiger partial charge in [0.25, 0.3) is 0 Å². The molecule has 2 aromatic carbocycles. The summed E-state index contributed by atoms with van der Waals surface area (Å²) in [5.41, 5.74) is -2.19. The highest BCUT2D eigenvalue weighted by Gasteiger charge is 2.79. The second-order valence-corrected chi connectivity index (χ2v) is 9.18. The van der Waals surface area contributed by atoms with E-state index in [0.717, 1.165) is 24.3 Å². The fraction of sp³-hybridized carbons (Fsp3) is 0.190. The molecular weight excluding hydrogens is 590 g/mol. The predicted molar refractivity (Wildman–Crippen MR) is 109 cm³/mol. The van der Waals surface area contributed by atoms with Crippen LogP contribution in [-0.4, -0.2) is 29.7 Å². The van der Waals surface area contributed by atoms with Gasteiger partial charge in [0.2, 0.25) is 0 Å². The number of ether oxygens (including phenoxy) is 3. The SMILES string of the molecule is O=C1C2=Cc3cc(Br)ccc3O[C@]2(C(F)(F)F)O[C@]2(C(F)(F)F)Oc3ccc(Br)cc3C=C12. The van der Waals surface area contributed by atoms with Gasteiger partial charge in [-0.2, -0.15) is 26.3 Å². The fourth-order valence-corrected chi connectivity index (χ4v) is 4.59. The molecule has 3 aliphatic rings. The molecule has 4 nitrogen and oxygen atoms in total. The molecular formula is C21H8Br2F6O4. The first-order valence-corrected chi connectivity index (χ1v) is 10.7. The van der Waals surface area contributed by atoms with Gasteiger partial charge in [0.1, 0.15) is 11.5 Å². The maximum atomic E-state index is 14.4. The van der Waals surface area contributed by atoms with Crippen LogP contribution < -0.4 is 9.47 Å². The molecule has 1 saturated heterocycles. The van der Waals surface area contributed by atoms with Gasteiger partial charge in [-0.3, -0.25) is 9.53 Å². The molecule has 5 rings (SSSR count). The van der Waals surface area contributed by atoms with E-state index in [2.05, 4.69) is 31.9 Å². The lowest BCUT2D eigenvalue weighted by molar-refractivity contribution is -0.435. The molecule has 0 bridgehead atoms. The smallest absolute Gasteiger partial charge is 0.449 e. The Bertz CT molecular complexity index is 1190. The van der Waals surface area contributed by atoms with Crippen molar-refractivity contribution in [3.8, 4) is 11.5 Å². The molecule has 0 N–H and O–H groups in total. The van der Waals surface area contributed by atoms with Crippen LogP contribution >= 0.6 is 31.9 Å². The zero-order valence-electron chi connectivity index (χ0n) is 15.8. The third kappa shape index (κ3) is 3.10. The monoisotopic (exact) mass is 596 g/mol. The summed E-state index contributed by atoms with van der Waals surface area (Å²) in [6.07, 6.45) is -9.52. The lowest BCUT2D eigenvalue weighted by Crippen LogP contribution is -2.71. The maximum absolute atomic E-state index is 14.4. The number of alkyl halides is 6. The van der Waals surface area contributed by atoms with Crippen LogP contribution in [0.3, 0.4) is 0 Å². The van der Waals surface area contributed by atoms with E-state index in [1.165, 1.54) is 24.3 Å². The minimum atomic E-state index is -5.58. The van der Waals surface area contributed by atoms with Crippen LogP contribution in [0.15, 0.2) is 56.5 Å². The van der Waals surface area contributed by atoms with Crippen molar-refractivity contribution in [1.82, 2.24) is 0 Å². The highest BCUT2D eigenvalue weighted by Crippen LogP contribution is 2.58. The third-order valence-corrected chi connectivity index (χ3v) is 6.27. The Morgan fingerprint density at radius 1 is 0.697 bits per heavy atom. The van der Waals surface area contributed by atoms with Gasteiger partial charge < -0.3 is 9.47 Å². The van der Waals surface area contributed by atoms with E-state index in [0.29, 0.717) is 8.95 Å². The summed E-state index contributed by atoms with van der Waals surface area (Å²) in [6, 6.07) is 7.63. The topological polar surface area (TPSA) is 44.8 Å². The van der Waals surface area contributed by atoms with E-state index in [-0.39, 0.29) is 11.1 Å². The molecule has 2 aromatic rings. The zero-order chi connectivity index (χ0) is 24.0. The summed E-state index contributed by atoms with van der Waals surface area (Å²) in [5.74, 6) is -10.5. The summed E-state index contributed by atoms with van der Waals surface area (Å²) < 4.78 is 102. The molecule has 0 aromatic heterocycles. The zero-order valence-corrected chi connectivity index (χ0v) is 18.9. The molecule has 1 fully saturated rings. The van der Waals surface area contributed by atoms with E-state index >= 15 is 0 Å². The standard InChI is InChI=1S/C21H8Br2F6O4/c22-11-1-3-15-9(5-11)7-13-17(30)14-8-10-6-12(23)2-4-16(10)32-19(14,21(27,28)29)33-18(13,31-15)20(24,25)26/h1-8H/t18-,19+. The van der Waals surface area contributed by atoms with Crippen molar-refractivity contribution in [1.29, 1.82) is 0 Å². The molecule has 33 heavy (non-hydrogen) atoms. The second-order valence-electron chi connectivity index (χ2n) is 7.34. The van der Waals surface area contributed by atoms with Gasteiger partial charge in [-0.1, -0.05) is 31.9 Å². The quantitative estimate of drug-likeness (QED) is 0.322. The van der Waals surface area contributed by atoms with Gasteiger partial charge >= 0.3 is 23.9 Å². The summed E-state index contributed by atoms with van der Waals surface area (Å²) >= 11 is 6.31. The molecule has 12 heteroatoms. The van der Waals surface area contributed by atoms with Crippen LogP contribution in [0.4, 0.5) is 26.3 Å². The van der Waals surface area contributed by atoms with E-state index < -0.39 is 52.4 Å². The Morgan fingerprint density at radius 2 is 1.09 bits per heavy atom. The molecule has 3 heterocycles. The fourth-order valence-electron chi connectivity index (χ4n) is 3.84. The van der Waals surface area contributed by atoms with Gasteiger partial charge in [0, 0.05) is 20.1 Å². The highest BCUT2D eigenvalue weighted by atomic mass is 79.9. The van der Waals surface area contributed by atoms with Crippen molar-refractivity contribution in [3.63, 3.8) is 0 Å². The molecule has 0 radical (unpaired) electrons. The maximum Gasteiger partial charge on any atom is 0.460 e. The Morgan fingerprint density at radius 3 is 1.45 bits per heavy atom. The van der Waals surface area contributed by atoms with Gasteiger partial charge in [-0.05, 0) is 48.6 Å². The molecule has 0 spiro atoms. The molecule has 0 amide bonds. The van der Waals surface area contributed by atoms with Crippen molar-refractivity contribution < 1.29 is 45.3 Å². The van der Waals surface area contributed by atoms with Crippen molar-refractivity contribution in [2.75, 3.05) is 0 Å². The molecule has 0 aliphatic carbocycles. The number of fused-ring (bicyclic) bond motifs is 4. The molecule has 3 aliphatic heterocycles. The minimum absolute atomic E-state index is 0.0520. The number of carbonyl (C=O) groups excluding carboxylic acids is 1. The van der Waals surface area contributed by atoms with Crippen LogP contribution in [0.25, 0.3) is 12.2 Å². The number of carbonyl (C=O) groups is 1. The Kier molecular flexibility index (Phi) is 4.67. The molecule has 172 valence electrons. The first kappa shape index (κ1) is 22.5. The first-order valence-electron chi connectivity index (χ1n) is 9.07. The summed E-state index contributed by atoms with van der Waals surface area (Å²) in [6.45, 7) is 0. The molecule has 0 saturated carbocycles. The molecule has 0 unspecified atom stereocenters. The summed E-state index contributed by atoms with van der Waals surface area (Å²) in [4.78, 5) is 13.3. The normalized spacial score (nSPS) is 26.0. The first-order chi connectivity index (χ1) is 15.3. The van der Waals surface area contributed by atoms with Crippen molar-refractivity contribution in [2.24, 2.45) is 0 Å². The second kappa shape index (κ2) is 6.86. The minimum Gasteiger partial charge on any atom is -0.449 e. The summed E-state index contributed by atoms with van der Waals surface area (Å²) in [7, 11) is 0. The van der Waals surface area contributed by atoms with E-state index in [1.54, 1.807) is 0 Å². The molecule has 2 atom stereocenters. The van der Waals surface area contributed by atoms with Crippen LogP contribution in [0.5, 0.6) is 11.5 Å². The van der Waals surface area contributed by atoms with E-state index in [1.807, 2.05) is 0 Å². The van der Waals surface area contributed by atoms with Crippen molar-refractivity contribution in [3.05, 3.63) is 67.6 Å². The average molecular weight is 598 g/mol. The Hall–Kier alpha value is -2.31. The Labute approximate surface area is 198 Å². The highest BCUT2D eigenvalue weighted by molar-refractivity contribution is 9.10. The number of rotatable bonds is 0. The van der Waals surface area contributed by atoms with E-state index in [4.69, 9.17) is 14.2 Å². The van der Waals surface area contributed by atoms with Gasteiger partial charge in [-0.15, -0.1) is 0 Å². The number of benzene rings is 2. The number of hydrogen-bond donors (Lipinski definition) is 0. The van der Waals surface area contributed by atoms with Crippen LogP contribution in [0.1, 0.15) is 11.1 Å². The largest absolute Gasteiger partial charge is 0.460 e. The number of hydrogen-bond acceptors (Lipinski definition) is 4. The van der Waals surface area contributed by atoms with Crippen LogP contribution in [-0.2, 0) is 9.53 Å². The predicted octanol–water partition coefficient (Wildman–Crippen LogP) is 6.58. The average Bonchev–Trinajstić information content (AvgIpc) is 2.70. The number of ketones is 1. The third-order valence-electron chi connectivity index (χ3n) is 5.28. The van der Waals surface area contributed by atoms with Crippen molar-refractivity contribution in [2.45, 2.75) is 23.9 Å². The Balaban J connectivity index is 1.82. The van der Waals surface area contributed by atoms with Gasteiger partial charge in [0.05, 0.1) is 11.1 Å². The number of halogens is 8. The van der Waals surface area contributed by atoms with Crippen LogP contribution in [0.2, 0.25) is 0 Å². The summed E-state index contributed by atoms with van der Waals surface area (Å²) in [5, 5.41) is 0. The van der Waals surface area contributed by atoms with Crippen molar-refractivity contribution >= 4 is 49.8 Å². The number of Topliss-reactive ketones (excluding diaryl/α,β-unsaturated/α-hetero) is 1. The lowest BCUT2D eigenvalue weighted by atomic mass is 9.82. The van der Waals surface area contributed by atoms with Gasteiger partial charge in [0.15, 0.2) is 5.78 Å². The lowest BCUT2D eigenvalue weighted by Gasteiger charge is -2.51. The van der Waals surface area contributed by atoms with Crippen LogP contribution in [0, 0.1) is 0 Å². The van der Waals surface area contributed by atoms with Gasteiger partial charge in [-0.25, -0.2) is 0 Å². The van der Waals surface area contributed by atoms with E-state index in [9.17, 15) is 31.1 Å².